The summed E-state index contributed by atoms with van der Waals surface area (Å²) in [5.41, 5.74) is 4.18. The monoisotopic (exact) mass is 395 g/mol. The van der Waals surface area contributed by atoms with Gasteiger partial charge in [0.25, 0.3) is 0 Å². The number of hydrogen-bond donors (Lipinski definition) is 2. The third-order valence-electron chi connectivity index (χ3n) is 5.13. The van der Waals surface area contributed by atoms with Crippen LogP contribution in [0, 0.1) is 11.3 Å². The van der Waals surface area contributed by atoms with Crippen LogP contribution in [0.1, 0.15) is 24.4 Å². The zero-order valence-electron chi connectivity index (χ0n) is 14.9. The van der Waals surface area contributed by atoms with E-state index in [2.05, 4.69) is 21.5 Å². The number of pyridine rings is 2. The topological polar surface area (TPSA) is 104 Å². The number of fused-ring (bicyclic) bond motifs is 2. The summed E-state index contributed by atoms with van der Waals surface area (Å²) in [7, 11) is 0. The van der Waals surface area contributed by atoms with Crippen LogP contribution in [-0.4, -0.2) is 37.2 Å². The van der Waals surface area contributed by atoms with Gasteiger partial charge in [-0.15, -0.1) is 12.4 Å². The second-order valence-corrected chi connectivity index (χ2v) is 6.78. The lowest BCUT2D eigenvalue weighted by molar-refractivity contribution is 0.370. The molecule has 5 rings (SSSR count). The fourth-order valence-corrected chi connectivity index (χ4v) is 3.79. The van der Waals surface area contributed by atoms with Crippen molar-refractivity contribution in [3.8, 4) is 17.3 Å². The van der Waals surface area contributed by atoms with Gasteiger partial charge in [0.2, 0.25) is 0 Å². The molecule has 142 valence electrons. The van der Waals surface area contributed by atoms with Gasteiger partial charge < -0.3 is 10.3 Å². The Morgan fingerprint density at radius 2 is 2.18 bits per heavy atom. The molecule has 28 heavy (non-hydrogen) atoms. The highest BCUT2D eigenvalue weighted by Gasteiger charge is 2.21. The summed E-state index contributed by atoms with van der Waals surface area (Å²) in [6.07, 6.45) is 5.49. The number of hydrogen-bond acceptors (Lipinski definition) is 5. The fourth-order valence-electron chi connectivity index (χ4n) is 3.79. The molecule has 8 nitrogen and oxygen atoms in total. The second kappa shape index (κ2) is 7.11. The summed E-state index contributed by atoms with van der Waals surface area (Å²) >= 11 is 0. The molecular formula is C19H18ClN7O. The molecule has 1 atom stereocenters. The van der Waals surface area contributed by atoms with Gasteiger partial charge in [-0.1, -0.05) is 0 Å². The highest BCUT2D eigenvalue weighted by Crippen LogP contribution is 2.26. The van der Waals surface area contributed by atoms with Crippen molar-refractivity contribution < 1.29 is 0 Å². The molecule has 1 unspecified atom stereocenters. The van der Waals surface area contributed by atoms with Gasteiger partial charge in [-0.25, -0.2) is 14.3 Å². The molecule has 9 heteroatoms. The van der Waals surface area contributed by atoms with Crippen molar-refractivity contribution in [3.63, 3.8) is 0 Å². The normalized spacial score (nSPS) is 16.8. The van der Waals surface area contributed by atoms with Gasteiger partial charge in [-0.2, -0.15) is 10.4 Å². The summed E-state index contributed by atoms with van der Waals surface area (Å²) in [5.74, 6) is 0. The van der Waals surface area contributed by atoms with Crippen LogP contribution in [0.2, 0.25) is 0 Å². The maximum atomic E-state index is 12.5. The van der Waals surface area contributed by atoms with E-state index in [1.54, 1.807) is 33.6 Å². The smallest absolute Gasteiger partial charge is 0.315 e. The van der Waals surface area contributed by atoms with Crippen molar-refractivity contribution in [1.29, 1.82) is 5.26 Å². The van der Waals surface area contributed by atoms with Gasteiger partial charge in [0.15, 0.2) is 5.65 Å². The first-order valence-corrected chi connectivity index (χ1v) is 8.94. The molecule has 0 aliphatic carbocycles. The first-order chi connectivity index (χ1) is 13.2. The Bertz CT molecular complexity index is 1260. The van der Waals surface area contributed by atoms with E-state index in [1.807, 2.05) is 12.1 Å². The Hall–Kier alpha value is -3.15. The van der Waals surface area contributed by atoms with E-state index in [-0.39, 0.29) is 24.1 Å². The summed E-state index contributed by atoms with van der Waals surface area (Å²) in [6, 6.07) is 9.52. The average molecular weight is 396 g/mol. The van der Waals surface area contributed by atoms with Gasteiger partial charge in [-0.05, 0) is 43.7 Å². The van der Waals surface area contributed by atoms with Gasteiger partial charge >= 0.3 is 5.69 Å². The molecule has 0 spiro atoms. The standard InChI is InChI=1S/C19H17N7O.ClH/c20-9-12-5-7-25-17(8-12)14(11-22-25)15-3-4-16-18(23-15)26(19(27)24-16)13-2-1-6-21-10-13;/h3-5,7-8,11,13,21H,1-2,6,10H2,(H,24,27);1H. The number of H-pyrrole nitrogens is 1. The highest BCUT2D eigenvalue weighted by molar-refractivity contribution is 5.85. The summed E-state index contributed by atoms with van der Waals surface area (Å²) in [6.45, 7) is 1.75. The van der Waals surface area contributed by atoms with Crippen molar-refractivity contribution in [2.24, 2.45) is 0 Å². The molecule has 1 aliphatic heterocycles. The molecular weight excluding hydrogens is 378 g/mol. The summed E-state index contributed by atoms with van der Waals surface area (Å²) < 4.78 is 3.48. The minimum Gasteiger partial charge on any atom is -0.315 e. The Morgan fingerprint density at radius 3 is 2.96 bits per heavy atom. The largest absolute Gasteiger partial charge is 0.327 e. The lowest BCUT2D eigenvalue weighted by atomic mass is 10.1. The van der Waals surface area contributed by atoms with E-state index in [1.165, 1.54) is 0 Å². The molecule has 4 aromatic heterocycles. The Morgan fingerprint density at radius 1 is 1.29 bits per heavy atom. The van der Waals surface area contributed by atoms with Crippen molar-refractivity contribution >= 4 is 29.1 Å². The molecule has 1 fully saturated rings. The lowest BCUT2D eigenvalue weighted by Crippen LogP contribution is -2.35. The second-order valence-electron chi connectivity index (χ2n) is 6.78. The van der Waals surface area contributed by atoms with Crippen molar-refractivity contribution in [2.45, 2.75) is 18.9 Å². The van der Waals surface area contributed by atoms with Crippen molar-refractivity contribution in [1.82, 2.24) is 29.5 Å². The van der Waals surface area contributed by atoms with E-state index in [0.717, 1.165) is 48.2 Å². The Labute approximate surface area is 166 Å². The maximum Gasteiger partial charge on any atom is 0.327 e. The summed E-state index contributed by atoms with van der Waals surface area (Å²) in [4.78, 5) is 20.2. The molecule has 4 aromatic rings. The molecule has 0 saturated carbocycles. The SMILES string of the molecule is Cl.N#Cc1ccn2ncc(-c3ccc4[nH]c(=O)n(C5CCCNC5)c4n3)c2c1. The van der Waals surface area contributed by atoms with Crippen LogP contribution in [0.4, 0.5) is 0 Å². The summed E-state index contributed by atoms with van der Waals surface area (Å²) in [5, 5.41) is 16.9. The zero-order valence-corrected chi connectivity index (χ0v) is 15.7. The molecule has 1 aliphatic rings. The van der Waals surface area contributed by atoms with Gasteiger partial charge in [0, 0.05) is 18.3 Å². The van der Waals surface area contributed by atoms with Crippen LogP contribution < -0.4 is 11.0 Å². The quantitative estimate of drug-likeness (QED) is 0.541. The van der Waals surface area contributed by atoms with Gasteiger partial charge in [-0.3, -0.25) is 4.57 Å². The van der Waals surface area contributed by atoms with E-state index >= 15 is 0 Å². The molecule has 0 bridgehead atoms. The molecule has 2 N–H and O–H groups in total. The maximum absolute atomic E-state index is 12.5. The number of imidazole rings is 1. The Balaban J connectivity index is 0.00000192. The number of aromatic amines is 1. The fraction of sp³-hybridized carbons (Fsp3) is 0.263. The van der Waals surface area contributed by atoms with Crippen LogP contribution in [-0.2, 0) is 0 Å². The first kappa shape index (κ1) is 18.2. The van der Waals surface area contributed by atoms with Crippen LogP contribution in [0.25, 0.3) is 27.9 Å². The number of nitriles is 1. The van der Waals surface area contributed by atoms with E-state index in [9.17, 15) is 10.1 Å². The number of rotatable bonds is 2. The number of nitrogens with one attached hydrogen (secondary N) is 2. The number of nitrogens with zero attached hydrogens (tertiary/aromatic N) is 5. The average Bonchev–Trinajstić information content (AvgIpc) is 3.27. The van der Waals surface area contributed by atoms with Crippen molar-refractivity contribution in [2.75, 3.05) is 13.1 Å². The number of aromatic nitrogens is 5. The Kier molecular flexibility index (Phi) is 4.63. The molecule has 0 amide bonds. The first-order valence-electron chi connectivity index (χ1n) is 8.94. The predicted molar refractivity (Wildman–Crippen MR) is 108 cm³/mol. The highest BCUT2D eigenvalue weighted by atomic mass is 35.5. The molecule has 0 radical (unpaired) electrons. The third-order valence-corrected chi connectivity index (χ3v) is 5.13. The van der Waals surface area contributed by atoms with Crippen LogP contribution in [0.5, 0.6) is 0 Å². The predicted octanol–water partition coefficient (Wildman–Crippen LogP) is 2.26. The van der Waals surface area contributed by atoms with Crippen LogP contribution >= 0.6 is 12.4 Å². The number of halogens is 1. The van der Waals surface area contributed by atoms with Crippen molar-refractivity contribution in [3.05, 3.63) is 52.7 Å². The number of piperidine rings is 1. The lowest BCUT2D eigenvalue weighted by Gasteiger charge is -2.23. The van der Waals surface area contributed by atoms with Gasteiger partial charge in [0.1, 0.15) is 0 Å². The minimum absolute atomic E-state index is 0. The minimum atomic E-state index is -0.130. The van der Waals surface area contributed by atoms with E-state index in [0.29, 0.717) is 11.2 Å². The van der Waals surface area contributed by atoms with Crippen LogP contribution in [0.3, 0.4) is 0 Å². The van der Waals surface area contributed by atoms with Gasteiger partial charge in [0.05, 0.1) is 40.6 Å². The zero-order chi connectivity index (χ0) is 18.4. The molecule has 1 saturated heterocycles. The van der Waals surface area contributed by atoms with Crippen LogP contribution in [0.15, 0.2) is 41.5 Å². The van der Waals surface area contributed by atoms with E-state index in [4.69, 9.17) is 4.98 Å². The molecule has 0 aromatic carbocycles. The molecule has 5 heterocycles. The third kappa shape index (κ3) is 2.85. The van der Waals surface area contributed by atoms with E-state index < -0.39 is 0 Å².